The highest BCUT2D eigenvalue weighted by Gasteiger charge is 2.18. The number of carbonyl (C=O) groups excluding carboxylic acids is 3. The maximum atomic E-state index is 12.0. The maximum Gasteiger partial charge on any atom is 0.321 e. The third-order valence-electron chi connectivity index (χ3n) is 3.24. The Labute approximate surface area is 149 Å². The molecule has 25 heavy (non-hydrogen) atoms. The smallest absolute Gasteiger partial charge is 0.321 e. The second-order valence-corrected chi connectivity index (χ2v) is 6.82. The minimum Gasteiger partial charge on any atom is -0.350 e. The van der Waals surface area contributed by atoms with Crippen LogP contribution in [0.3, 0.4) is 0 Å². The Morgan fingerprint density at radius 1 is 1.00 bits per heavy atom. The van der Waals surface area contributed by atoms with Crippen LogP contribution in [0.2, 0.25) is 0 Å². The van der Waals surface area contributed by atoms with Crippen LogP contribution in [0, 0.1) is 0 Å². The Hall–Kier alpha value is -2.41. The number of urea groups is 1. The van der Waals surface area contributed by atoms with E-state index in [9.17, 15) is 14.4 Å². The first kappa shape index (κ1) is 20.6. The van der Waals surface area contributed by atoms with E-state index >= 15 is 0 Å². The third kappa shape index (κ3) is 9.46. The zero-order valence-corrected chi connectivity index (χ0v) is 15.4. The van der Waals surface area contributed by atoms with Crippen molar-refractivity contribution in [3.8, 4) is 0 Å². The first-order chi connectivity index (χ1) is 11.7. The summed E-state index contributed by atoms with van der Waals surface area (Å²) in [6, 6.07) is 8.86. The number of nitrogens with one attached hydrogen (secondary N) is 3. The largest absolute Gasteiger partial charge is 0.350 e. The fourth-order valence-electron chi connectivity index (χ4n) is 2.13. The molecule has 0 fully saturated rings. The highest BCUT2D eigenvalue weighted by atomic mass is 16.2. The summed E-state index contributed by atoms with van der Waals surface area (Å²) in [6.07, 6.45) is 0. The van der Waals surface area contributed by atoms with Crippen molar-refractivity contribution < 1.29 is 14.4 Å². The van der Waals surface area contributed by atoms with Crippen LogP contribution in [0.5, 0.6) is 0 Å². The molecule has 0 heterocycles. The average Bonchev–Trinajstić information content (AvgIpc) is 2.51. The van der Waals surface area contributed by atoms with Crippen molar-refractivity contribution in [1.29, 1.82) is 0 Å². The number of imide groups is 1. The Bertz CT molecular complexity index is 582. The Kier molecular flexibility index (Phi) is 8.07. The Morgan fingerprint density at radius 3 is 2.16 bits per heavy atom. The molecule has 138 valence electrons. The molecule has 0 radical (unpaired) electrons. The van der Waals surface area contributed by atoms with Crippen LogP contribution >= 0.6 is 0 Å². The quantitative estimate of drug-likeness (QED) is 0.692. The van der Waals surface area contributed by atoms with E-state index in [4.69, 9.17) is 0 Å². The monoisotopic (exact) mass is 348 g/mol. The zero-order chi connectivity index (χ0) is 18.9. The van der Waals surface area contributed by atoms with Gasteiger partial charge < -0.3 is 10.6 Å². The number of amides is 4. The number of benzene rings is 1. The molecule has 7 nitrogen and oxygen atoms in total. The van der Waals surface area contributed by atoms with Crippen LogP contribution in [0.25, 0.3) is 0 Å². The predicted molar refractivity (Wildman–Crippen MR) is 96.8 cm³/mol. The fourth-order valence-corrected chi connectivity index (χ4v) is 2.13. The molecule has 0 aliphatic rings. The van der Waals surface area contributed by atoms with Crippen LogP contribution in [-0.4, -0.2) is 47.9 Å². The number of hydrogen-bond donors (Lipinski definition) is 3. The molecule has 1 aromatic carbocycles. The van der Waals surface area contributed by atoms with E-state index < -0.39 is 11.9 Å². The molecule has 7 heteroatoms. The molecule has 0 unspecified atom stereocenters. The van der Waals surface area contributed by atoms with Gasteiger partial charge in [-0.2, -0.15) is 0 Å². The van der Waals surface area contributed by atoms with Crippen molar-refractivity contribution in [2.24, 2.45) is 0 Å². The lowest BCUT2D eigenvalue weighted by molar-refractivity contribution is -0.125. The molecule has 1 aromatic rings. The van der Waals surface area contributed by atoms with Crippen LogP contribution in [0.4, 0.5) is 4.79 Å². The molecule has 0 aliphatic heterocycles. The standard InChI is InChI=1S/C18H28N4O3/c1-5-22(13-16(24)21-18(2,3)4)12-15(23)20-17(25)19-11-14-9-7-6-8-10-14/h6-10H,5,11-13H2,1-4H3,(H,21,24)(H2,19,20,23,25). The normalized spacial score (nSPS) is 11.1. The van der Waals surface area contributed by atoms with E-state index in [0.29, 0.717) is 13.1 Å². The Balaban J connectivity index is 2.37. The molecule has 4 amide bonds. The molecule has 0 aromatic heterocycles. The van der Waals surface area contributed by atoms with E-state index in [-0.39, 0.29) is 24.5 Å². The van der Waals surface area contributed by atoms with Crippen molar-refractivity contribution in [1.82, 2.24) is 20.9 Å². The molecule has 1 rings (SSSR count). The van der Waals surface area contributed by atoms with E-state index in [2.05, 4.69) is 16.0 Å². The van der Waals surface area contributed by atoms with E-state index in [1.54, 1.807) is 4.90 Å². The zero-order valence-electron chi connectivity index (χ0n) is 15.4. The van der Waals surface area contributed by atoms with Crippen LogP contribution in [0.15, 0.2) is 30.3 Å². The topological polar surface area (TPSA) is 90.5 Å². The molecule has 0 spiro atoms. The van der Waals surface area contributed by atoms with Gasteiger partial charge in [0.2, 0.25) is 11.8 Å². The lowest BCUT2D eigenvalue weighted by Gasteiger charge is -2.24. The first-order valence-corrected chi connectivity index (χ1v) is 8.34. The lowest BCUT2D eigenvalue weighted by Crippen LogP contribution is -2.49. The number of likely N-dealkylation sites (N-methyl/N-ethyl adjacent to an activating group) is 1. The highest BCUT2D eigenvalue weighted by molar-refractivity contribution is 5.95. The summed E-state index contributed by atoms with van der Waals surface area (Å²) in [7, 11) is 0. The van der Waals surface area contributed by atoms with Crippen LogP contribution in [-0.2, 0) is 16.1 Å². The SMILES string of the molecule is CCN(CC(=O)NC(=O)NCc1ccccc1)CC(=O)NC(C)(C)C. The highest BCUT2D eigenvalue weighted by Crippen LogP contribution is 1.99. The van der Waals surface area contributed by atoms with Gasteiger partial charge in [0, 0.05) is 12.1 Å². The van der Waals surface area contributed by atoms with E-state index in [1.807, 2.05) is 58.0 Å². The van der Waals surface area contributed by atoms with Gasteiger partial charge in [0.25, 0.3) is 0 Å². The second-order valence-electron chi connectivity index (χ2n) is 6.82. The summed E-state index contributed by atoms with van der Waals surface area (Å²) in [4.78, 5) is 37.3. The molecule has 0 atom stereocenters. The van der Waals surface area contributed by atoms with Gasteiger partial charge in [0.05, 0.1) is 13.1 Å². The van der Waals surface area contributed by atoms with E-state index in [1.165, 1.54) is 0 Å². The van der Waals surface area contributed by atoms with Gasteiger partial charge in [-0.25, -0.2) is 4.79 Å². The summed E-state index contributed by atoms with van der Waals surface area (Å²) < 4.78 is 0. The molecule has 0 aliphatic carbocycles. The van der Waals surface area contributed by atoms with Crippen molar-refractivity contribution in [2.75, 3.05) is 19.6 Å². The number of rotatable bonds is 7. The van der Waals surface area contributed by atoms with E-state index in [0.717, 1.165) is 5.56 Å². The van der Waals surface area contributed by atoms with Gasteiger partial charge >= 0.3 is 6.03 Å². The van der Waals surface area contributed by atoms with Crippen molar-refractivity contribution >= 4 is 17.8 Å². The molecule has 0 saturated carbocycles. The van der Waals surface area contributed by atoms with Crippen molar-refractivity contribution in [2.45, 2.75) is 39.8 Å². The molecule has 0 bridgehead atoms. The first-order valence-electron chi connectivity index (χ1n) is 8.34. The predicted octanol–water partition coefficient (Wildman–Crippen LogP) is 1.25. The van der Waals surface area contributed by atoms with Crippen LogP contribution in [0.1, 0.15) is 33.3 Å². The summed E-state index contributed by atoms with van der Waals surface area (Å²) >= 11 is 0. The summed E-state index contributed by atoms with van der Waals surface area (Å²) in [5, 5.41) is 7.74. The van der Waals surface area contributed by atoms with Crippen molar-refractivity contribution in [3.05, 3.63) is 35.9 Å². The summed E-state index contributed by atoms with van der Waals surface area (Å²) in [6.45, 7) is 8.48. The fraction of sp³-hybridized carbons (Fsp3) is 0.500. The number of carbonyl (C=O) groups is 3. The van der Waals surface area contributed by atoms with Gasteiger partial charge in [-0.05, 0) is 32.9 Å². The number of nitrogens with zero attached hydrogens (tertiary/aromatic N) is 1. The summed E-state index contributed by atoms with van der Waals surface area (Å²) in [5.74, 6) is -0.605. The Morgan fingerprint density at radius 2 is 1.60 bits per heavy atom. The maximum absolute atomic E-state index is 12.0. The third-order valence-corrected chi connectivity index (χ3v) is 3.24. The summed E-state index contributed by atoms with van der Waals surface area (Å²) in [5.41, 5.74) is 0.620. The van der Waals surface area contributed by atoms with Gasteiger partial charge in [-0.3, -0.25) is 19.8 Å². The number of hydrogen-bond acceptors (Lipinski definition) is 4. The van der Waals surface area contributed by atoms with Crippen molar-refractivity contribution in [3.63, 3.8) is 0 Å². The minimum atomic E-state index is -0.552. The minimum absolute atomic E-state index is 0.0210. The molecular weight excluding hydrogens is 320 g/mol. The van der Waals surface area contributed by atoms with Crippen LogP contribution < -0.4 is 16.0 Å². The molecular formula is C18H28N4O3. The van der Waals surface area contributed by atoms with Gasteiger partial charge in [0.1, 0.15) is 0 Å². The average molecular weight is 348 g/mol. The van der Waals surface area contributed by atoms with Gasteiger partial charge in [-0.1, -0.05) is 37.3 Å². The lowest BCUT2D eigenvalue weighted by atomic mass is 10.1. The van der Waals surface area contributed by atoms with Gasteiger partial charge in [0.15, 0.2) is 0 Å². The van der Waals surface area contributed by atoms with Gasteiger partial charge in [-0.15, -0.1) is 0 Å². The molecule has 0 saturated heterocycles. The molecule has 3 N–H and O–H groups in total. The second kappa shape index (κ2) is 9.78.